The lowest BCUT2D eigenvalue weighted by atomic mass is 10.1. The summed E-state index contributed by atoms with van der Waals surface area (Å²) in [5, 5.41) is 3.18. The molecule has 1 heterocycles. The zero-order chi connectivity index (χ0) is 21.4. The van der Waals surface area contributed by atoms with E-state index in [-0.39, 0.29) is 4.90 Å². The van der Waals surface area contributed by atoms with Crippen molar-refractivity contribution >= 4 is 38.5 Å². The molecular formula is C23H21N3O4S. The fourth-order valence-corrected chi connectivity index (χ4v) is 4.92. The number of nitrogens with one attached hydrogen (secondary N) is 2. The average Bonchev–Trinajstić information content (AvgIpc) is 3.39. The van der Waals surface area contributed by atoms with Crippen molar-refractivity contribution in [3.8, 4) is 5.75 Å². The number of oxazole rings is 1. The molecule has 0 spiro atoms. The first-order valence-corrected chi connectivity index (χ1v) is 11.5. The fraction of sp³-hybridized carbons (Fsp3) is 0.174. The maximum absolute atomic E-state index is 12.9. The summed E-state index contributed by atoms with van der Waals surface area (Å²) < 4.78 is 39.3. The van der Waals surface area contributed by atoms with Crippen LogP contribution in [0.25, 0.3) is 11.1 Å². The highest BCUT2D eigenvalue weighted by Crippen LogP contribution is 2.30. The van der Waals surface area contributed by atoms with Gasteiger partial charge in [0.05, 0.1) is 17.7 Å². The summed E-state index contributed by atoms with van der Waals surface area (Å²) in [5.41, 5.74) is 4.95. The molecule has 5 rings (SSSR count). The summed E-state index contributed by atoms with van der Waals surface area (Å²) in [4.78, 5) is 4.51. The Kier molecular flexibility index (Phi) is 4.78. The summed E-state index contributed by atoms with van der Waals surface area (Å²) in [6.07, 6.45) is 3.39. The van der Waals surface area contributed by atoms with E-state index in [1.54, 1.807) is 30.3 Å². The molecule has 0 unspecified atom stereocenters. The molecule has 1 aliphatic carbocycles. The summed E-state index contributed by atoms with van der Waals surface area (Å²) in [7, 11) is -2.34. The van der Waals surface area contributed by atoms with E-state index < -0.39 is 10.0 Å². The Morgan fingerprint density at radius 1 is 1.00 bits per heavy atom. The van der Waals surface area contributed by atoms with Gasteiger partial charge in [-0.2, -0.15) is 4.98 Å². The second-order valence-corrected chi connectivity index (χ2v) is 9.10. The molecule has 158 valence electrons. The van der Waals surface area contributed by atoms with Crippen LogP contribution in [-0.4, -0.2) is 20.5 Å². The quantitative estimate of drug-likeness (QED) is 0.449. The average molecular weight is 436 g/mol. The molecule has 7 nitrogen and oxygen atoms in total. The number of ether oxygens (including phenoxy) is 1. The lowest BCUT2D eigenvalue weighted by Crippen LogP contribution is -2.13. The Morgan fingerprint density at radius 3 is 2.71 bits per heavy atom. The molecule has 2 N–H and O–H groups in total. The number of aryl methyl sites for hydroxylation is 2. The Labute approximate surface area is 180 Å². The van der Waals surface area contributed by atoms with Gasteiger partial charge in [-0.3, -0.25) is 4.72 Å². The Bertz CT molecular complexity index is 1380. The molecule has 0 aliphatic heterocycles. The summed E-state index contributed by atoms with van der Waals surface area (Å²) >= 11 is 0. The van der Waals surface area contributed by atoms with E-state index in [1.807, 2.05) is 6.07 Å². The van der Waals surface area contributed by atoms with Gasteiger partial charge in [-0.1, -0.05) is 18.2 Å². The molecule has 4 aromatic rings. The van der Waals surface area contributed by atoms with Gasteiger partial charge in [0.1, 0.15) is 11.3 Å². The van der Waals surface area contributed by atoms with Crippen LogP contribution in [0.2, 0.25) is 0 Å². The smallest absolute Gasteiger partial charge is 0.300 e. The van der Waals surface area contributed by atoms with E-state index in [4.69, 9.17) is 9.15 Å². The third-order valence-corrected chi connectivity index (χ3v) is 6.73. The van der Waals surface area contributed by atoms with Crippen LogP contribution in [0.3, 0.4) is 0 Å². The van der Waals surface area contributed by atoms with E-state index in [0.29, 0.717) is 28.6 Å². The minimum absolute atomic E-state index is 0.0864. The third kappa shape index (κ3) is 3.82. The van der Waals surface area contributed by atoms with E-state index in [0.717, 1.165) is 18.5 Å². The molecule has 0 atom stereocenters. The predicted octanol–water partition coefficient (Wildman–Crippen LogP) is 4.87. The van der Waals surface area contributed by atoms with Gasteiger partial charge in [-0.05, 0) is 72.9 Å². The predicted molar refractivity (Wildman–Crippen MR) is 120 cm³/mol. The SMILES string of the molecule is COc1ccccc1NS(=O)(=O)c1ccc2oc(Nc3ccc4c(c3)CCC4)nc2c1. The van der Waals surface area contributed by atoms with Gasteiger partial charge in [0.25, 0.3) is 16.0 Å². The minimum atomic E-state index is -3.83. The first-order valence-electron chi connectivity index (χ1n) is 9.97. The van der Waals surface area contributed by atoms with Gasteiger partial charge >= 0.3 is 0 Å². The molecule has 0 saturated heterocycles. The molecule has 0 fully saturated rings. The normalized spacial score (nSPS) is 13.2. The van der Waals surface area contributed by atoms with Crippen molar-refractivity contribution in [3.63, 3.8) is 0 Å². The van der Waals surface area contributed by atoms with E-state index in [1.165, 1.54) is 36.8 Å². The number of hydrogen-bond donors (Lipinski definition) is 2. The molecule has 3 aromatic carbocycles. The summed E-state index contributed by atoms with van der Waals surface area (Å²) in [6, 6.07) is 18.0. The number of methoxy groups -OCH3 is 1. The van der Waals surface area contributed by atoms with Crippen molar-refractivity contribution in [2.75, 3.05) is 17.1 Å². The number of benzene rings is 3. The van der Waals surface area contributed by atoms with Crippen molar-refractivity contribution in [2.45, 2.75) is 24.2 Å². The highest BCUT2D eigenvalue weighted by atomic mass is 32.2. The van der Waals surface area contributed by atoms with Gasteiger partial charge in [-0.15, -0.1) is 0 Å². The number of aromatic nitrogens is 1. The molecule has 8 heteroatoms. The molecule has 1 aliphatic rings. The van der Waals surface area contributed by atoms with Crippen LogP contribution in [0.1, 0.15) is 17.5 Å². The number of anilines is 3. The van der Waals surface area contributed by atoms with Crippen LogP contribution < -0.4 is 14.8 Å². The minimum Gasteiger partial charge on any atom is -0.495 e. The maximum Gasteiger partial charge on any atom is 0.300 e. The van der Waals surface area contributed by atoms with Gasteiger partial charge in [0.15, 0.2) is 5.58 Å². The van der Waals surface area contributed by atoms with E-state index >= 15 is 0 Å². The lowest BCUT2D eigenvalue weighted by molar-refractivity contribution is 0.417. The Balaban J connectivity index is 1.41. The maximum atomic E-state index is 12.9. The van der Waals surface area contributed by atoms with Crippen LogP contribution in [0, 0.1) is 0 Å². The highest BCUT2D eigenvalue weighted by molar-refractivity contribution is 7.92. The second-order valence-electron chi connectivity index (χ2n) is 7.42. The van der Waals surface area contributed by atoms with E-state index in [9.17, 15) is 8.42 Å². The molecular weight excluding hydrogens is 414 g/mol. The van der Waals surface area contributed by atoms with Crippen molar-refractivity contribution in [3.05, 3.63) is 71.8 Å². The van der Waals surface area contributed by atoms with Crippen LogP contribution in [0.15, 0.2) is 70.0 Å². The molecule has 31 heavy (non-hydrogen) atoms. The highest BCUT2D eigenvalue weighted by Gasteiger charge is 2.19. The van der Waals surface area contributed by atoms with Crippen molar-refractivity contribution in [1.29, 1.82) is 0 Å². The molecule has 0 saturated carbocycles. The topological polar surface area (TPSA) is 93.5 Å². The van der Waals surface area contributed by atoms with Crippen LogP contribution in [0.5, 0.6) is 5.75 Å². The number of sulfonamides is 1. The summed E-state index contributed by atoms with van der Waals surface area (Å²) in [5.74, 6) is 0.439. The third-order valence-electron chi connectivity index (χ3n) is 5.37. The van der Waals surface area contributed by atoms with Crippen LogP contribution in [0.4, 0.5) is 17.4 Å². The number of rotatable bonds is 6. The number of fused-ring (bicyclic) bond motifs is 2. The number of para-hydroxylation sites is 2. The van der Waals surface area contributed by atoms with Crippen molar-refractivity contribution < 1.29 is 17.6 Å². The zero-order valence-electron chi connectivity index (χ0n) is 16.9. The van der Waals surface area contributed by atoms with Gasteiger partial charge in [0, 0.05) is 5.69 Å². The standard InChI is InChI=1S/C23H21N3O4S/c1-29-21-8-3-2-7-19(21)26-31(27,28)18-11-12-22-20(14-18)25-23(30-22)24-17-10-9-15-5-4-6-16(15)13-17/h2-3,7-14,26H,4-6H2,1H3,(H,24,25). The van der Waals surface area contributed by atoms with Crippen LogP contribution >= 0.6 is 0 Å². The molecule has 0 amide bonds. The number of nitrogens with zero attached hydrogens (tertiary/aromatic N) is 1. The molecule has 0 bridgehead atoms. The zero-order valence-corrected chi connectivity index (χ0v) is 17.7. The lowest BCUT2D eigenvalue weighted by Gasteiger charge is -2.11. The van der Waals surface area contributed by atoms with E-state index in [2.05, 4.69) is 27.2 Å². The number of hydrogen-bond acceptors (Lipinski definition) is 6. The second kappa shape index (κ2) is 7.63. The van der Waals surface area contributed by atoms with Crippen molar-refractivity contribution in [1.82, 2.24) is 4.98 Å². The fourth-order valence-electron chi connectivity index (χ4n) is 3.83. The van der Waals surface area contributed by atoms with Gasteiger partial charge in [0.2, 0.25) is 0 Å². The Morgan fingerprint density at radius 2 is 1.84 bits per heavy atom. The first kappa shape index (κ1) is 19.4. The monoisotopic (exact) mass is 435 g/mol. The largest absolute Gasteiger partial charge is 0.495 e. The first-order chi connectivity index (χ1) is 15.0. The molecule has 1 aromatic heterocycles. The van der Waals surface area contributed by atoms with Gasteiger partial charge in [-0.25, -0.2) is 8.42 Å². The van der Waals surface area contributed by atoms with Gasteiger partial charge < -0.3 is 14.5 Å². The summed E-state index contributed by atoms with van der Waals surface area (Å²) in [6.45, 7) is 0. The molecule has 0 radical (unpaired) electrons. The van der Waals surface area contributed by atoms with Crippen molar-refractivity contribution in [2.24, 2.45) is 0 Å². The van der Waals surface area contributed by atoms with Crippen LogP contribution in [-0.2, 0) is 22.9 Å². The Hall–Kier alpha value is -3.52.